The summed E-state index contributed by atoms with van der Waals surface area (Å²) in [6.45, 7) is 0.525. The molecule has 0 aromatic heterocycles. The van der Waals surface area contributed by atoms with E-state index in [4.69, 9.17) is 15.2 Å². The minimum Gasteiger partial charge on any atom is -0.489 e. The molecule has 3 aromatic rings. The van der Waals surface area contributed by atoms with Gasteiger partial charge in [-0.2, -0.15) is 0 Å². The van der Waals surface area contributed by atoms with Crippen LogP contribution in [0.5, 0.6) is 11.5 Å². The van der Waals surface area contributed by atoms with Gasteiger partial charge >= 0.3 is 0 Å². The van der Waals surface area contributed by atoms with E-state index in [2.05, 4.69) is 0 Å². The highest BCUT2D eigenvalue weighted by Gasteiger charge is 2.17. The fourth-order valence-corrected chi connectivity index (χ4v) is 2.82. The number of carbonyl (C=O) groups is 2. The number of anilines is 1. The summed E-state index contributed by atoms with van der Waals surface area (Å²) in [6, 6.07) is 26.1. The van der Waals surface area contributed by atoms with Crippen molar-refractivity contribution in [2.75, 3.05) is 18.1 Å². The number of rotatable bonds is 10. The van der Waals surface area contributed by atoms with Crippen LogP contribution in [0.3, 0.4) is 0 Å². The quantitative estimate of drug-likeness (QED) is 0.560. The van der Waals surface area contributed by atoms with Gasteiger partial charge in [0.05, 0.1) is 0 Å². The summed E-state index contributed by atoms with van der Waals surface area (Å²) < 4.78 is 11.4. The first-order valence-corrected chi connectivity index (χ1v) is 9.65. The van der Waals surface area contributed by atoms with Crippen LogP contribution in [-0.4, -0.2) is 25.0 Å². The van der Waals surface area contributed by atoms with Crippen molar-refractivity contribution < 1.29 is 19.1 Å². The lowest BCUT2D eigenvalue weighted by Gasteiger charge is -2.22. The summed E-state index contributed by atoms with van der Waals surface area (Å²) in [5, 5.41) is 0. The highest BCUT2D eigenvalue weighted by Crippen LogP contribution is 2.20. The number of primary amides is 1. The molecule has 0 fully saturated rings. The van der Waals surface area contributed by atoms with Crippen molar-refractivity contribution in [1.29, 1.82) is 0 Å². The van der Waals surface area contributed by atoms with Gasteiger partial charge in [0.2, 0.25) is 5.91 Å². The molecular formula is C24H24N2O4. The molecule has 0 atom stereocenters. The molecule has 0 aliphatic carbocycles. The molecule has 3 aromatic carbocycles. The largest absolute Gasteiger partial charge is 0.489 e. The lowest BCUT2D eigenvalue weighted by Crippen LogP contribution is -2.37. The summed E-state index contributed by atoms with van der Waals surface area (Å²) in [5.41, 5.74) is 7.02. The van der Waals surface area contributed by atoms with Gasteiger partial charge in [-0.25, -0.2) is 0 Å². The van der Waals surface area contributed by atoms with E-state index in [0.29, 0.717) is 23.8 Å². The molecule has 0 saturated heterocycles. The molecule has 0 unspecified atom stereocenters. The molecule has 0 bridgehead atoms. The van der Waals surface area contributed by atoms with Crippen molar-refractivity contribution in [2.24, 2.45) is 5.73 Å². The van der Waals surface area contributed by atoms with Crippen LogP contribution >= 0.6 is 0 Å². The van der Waals surface area contributed by atoms with Gasteiger partial charge in [-0.3, -0.25) is 9.59 Å². The van der Waals surface area contributed by atoms with E-state index < -0.39 is 5.91 Å². The summed E-state index contributed by atoms with van der Waals surface area (Å²) >= 11 is 0. The Labute approximate surface area is 175 Å². The van der Waals surface area contributed by atoms with Crippen LogP contribution in [0.2, 0.25) is 0 Å². The molecule has 30 heavy (non-hydrogen) atoms. The van der Waals surface area contributed by atoms with E-state index in [9.17, 15) is 9.59 Å². The Hall–Kier alpha value is -3.80. The molecule has 154 valence electrons. The topological polar surface area (TPSA) is 81.9 Å². The Kier molecular flexibility index (Phi) is 7.44. The molecule has 2 amide bonds. The smallest absolute Gasteiger partial charge is 0.264 e. The van der Waals surface area contributed by atoms with E-state index in [1.807, 2.05) is 48.5 Å². The standard InChI is InChI=1S/C24H24N2O4/c25-23(27)15-16-26(20-9-5-2-6-10-20)24(28)18-30-22-13-11-21(12-14-22)29-17-19-7-3-1-4-8-19/h1-14H,15-18H2,(H2,25,27). The molecule has 3 rings (SSSR count). The average molecular weight is 404 g/mol. The second kappa shape index (κ2) is 10.7. The van der Waals surface area contributed by atoms with Crippen LogP contribution < -0.4 is 20.1 Å². The number of hydrogen-bond donors (Lipinski definition) is 1. The predicted molar refractivity (Wildman–Crippen MR) is 115 cm³/mol. The van der Waals surface area contributed by atoms with Crippen LogP contribution in [0.4, 0.5) is 5.69 Å². The number of nitrogens with two attached hydrogens (primary N) is 1. The number of benzene rings is 3. The fourth-order valence-electron chi connectivity index (χ4n) is 2.82. The molecule has 0 radical (unpaired) electrons. The number of carbonyl (C=O) groups excluding carboxylic acids is 2. The van der Waals surface area contributed by atoms with E-state index >= 15 is 0 Å². The Balaban J connectivity index is 1.55. The van der Waals surface area contributed by atoms with Crippen molar-refractivity contribution in [1.82, 2.24) is 0 Å². The Bertz CT molecular complexity index is 944. The van der Waals surface area contributed by atoms with Crippen molar-refractivity contribution in [2.45, 2.75) is 13.0 Å². The zero-order chi connectivity index (χ0) is 21.2. The Morgan fingerprint density at radius 2 is 1.33 bits per heavy atom. The van der Waals surface area contributed by atoms with E-state index in [1.165, 1.54) is 4.90 Å². The molecule has 0 heterocycles. The molecule has 0 aliphatic rings. The lowest BCUT2D eigenvalue weighted by molar-refractivity contribution is -0.120. The monoisotopic (exact) mass is 404 g/mol. The predicted octanol–water partition coefficient (Wildman–Crippen LogP) is 3.55. The van der Waals surface area contributed by atoms with E-state index in [-0.39, 0.29) is 25.5 Å². The van der Waals surface area contributed by atoms with Gasteiger partial charge < -0.3 is 20.1 Å². The minimum atomic E-state index is -0.462. The van der Waals surface area contributed by atoms with Gasteiger partial charge in [-0.05, 0) is 42.0 Å². The minimum absolute atomic E-state index is 0.0775. The second-order valence-electron chi connectivity index (χ2n) is 6.63. The number of hydrogen-bond acceptors (Lipinski definition) is 4. The Morgan fingerprint density at radius 3 is 1.93 bits per heavy atom. The van der Waals surface area contributed by atoms with Crippen LogP contribution in [0.15, 0.2) is 84.9 Å². The van der Waals surface area contributed by atoms with Crippen LogP contribution in [0.25, 0.3) is 0 Å². The van der Waals surface area contributed by atoms with Crippen molar-refractivity contribution in [3.63, 3.8) is 0 Å². The SMILES string of the molecule is NC(=O)CCN(C(=O)COc1ccc(OCc2ccccc2)cc1)c1ccccc1. The maximum absolute atomic E-state index is 12.7. The number of amides is 2. The third kappa shape index (κ3) is 6.38. The highest BCUT2D eigenvalue weighted by molar-refractivity contribution is 5.95. The van der Waals surface area contributed by atoms with Gasteiger partial charge in [0.1, 0.15) is 18.1 Å². The van der Waals surface area contributed by atoms with Crippen LogP contribution in [0, 0.1) is 0 Å². The van der Waals surface area contributed by atoms with Gasteiger partial charge in [0.25, 0.3) is 5.91 Å². The van der Waals surface area contributed by atoms with Gasteiger partial charge in [-0.1, -0.05) is 48.5 Å². The molecule has 6 nitrogen and oxygen atoms in total. The van der Waals surface area contributed by atoms with Crippen LogP contribution in [-0.2, 0) is 16.2 Å². The van der Waals surface area contributed by atoms with Crippen molar-refractivity contribution >= 4 is 17.5 Å². The maximum Gasteiger partial charge on any atom is 0.264 e. The van der Waals surface area contributed by atoms with E-state index in [1.54, 1.807) is 36.4 Å². The highest BCUT2D eigenvalue weighted by atomic mass is 16.5. The number of ether oxygens (including phenoxy) is 2. The third-order valence-corrected chi connectivity index (χ3v) is 4.39. The zero-order valence-corrected chi connectivity index (χ0v) is 16.6. The number of nitrogens with zero attached hydrogens (tertiary/aromatic N) is 1. The molecular weight excluding hydrogens is 380 g/mol. The molecule has 0 aliphatic heterocycles. The number of para-hydroxylation sites is 1. The zero-order valence-electron chi connectivity index (χ0n) is 16.6. The molecule has 2 N–H and O–H groups in total. The molecule has 6 heteroatoms. The third-order valence-electron chi connectivity index (χ3n) is 4.39. The first kappa shape index (κ1) is 20.9. The average Bonchev–Trinajstić information content (AvgIpc) is 2.78. The van der Waals surface area contributed by atoms with Gasteiger partial charge in [-0.15, -0.1) is 0 Å². The maximum atomic E-state index is 12.7. The fraction of sp³-hybridized carbons (Fsp3) is 0.167. The summed E-state index contributed by atoms with van der Waals surface area (Å²) in [5.74, 6) is 0.547. The Morgan fingerprint density at radius 1 is 0.767 bits per heavy atom. The second-order valence-corrected chi connectivity index (χ2v) is 6.63. The first-order chi connectivity index (χ1) is 14.6. The van der Waals surface area contributed by atoms with E-state index in [0.717, 1.165) is 5.56 Å². The van der Waals surface area contributed by atoms with Gasteiger partial charge in [0.15, 0.2) is 6.61 Å². The van der Waals surface area contributed by atoms with Gasteiger partial charge in [0, 0.05) is 18.7 Å². The molecule has 0 spiro atoms. The van der Waals surface area contributed by atoms with Crippen molar-refractivity contribution in [3.05, 3.63) is 90.5 Å². The first-order valence-electron chi connectivity index (χ1n) is 9.65. The normalized spacial score (nSPS) is 10.3. The van der Waals surface area contributed by atoms with Crippen LogP contribution in [0.1, 0.15) is 12.0 Å². The van der Waals surface area contributed by atoms with Crippen molar-refractivity contribution in [3.8, 4) is 11.5 Å². The summed E-state index contributed by atoms with van der Waals surface area (Å²) in [6.07, 6.45) is 0.0775. The lowest BCUT2D eigenvalue weighted by atomic mass is 10.2. The molecule has 0 saturated carbocycles. The summed E-state index contributed by atoms with van der Waals surface area (Å²) in [7, 11) is 0. The summed E-state index contributed by atoms with van der Waals surface area (Å²) in [4.78, 5) is 25.3.